The van der Waals surface area contributed by atoms with Crippen LogP contribution in [0.2, 0.25) is 0 Å². The van der Waals surface area contributed by atoms with Crippen molar-refractivity contribution < 1.29 is 9.15 Å². The number of pyridine rings is 1. The Hall–Kier alpha value is -3.26. The summed E-state index contributed by atoms with van der Waals surface area (Å²) in [6.07, 6.45) is 7.06. The number of aryl methyl sites for hydroxylation is 1. The first kappa shape index (κ1) is 17.2. The molecule has 0 fully saturated rings. The van der Waals surface area contributed by atoms with E-state index in [-0.39, 0.29) is 5.56 Å². The zero-order valence-electron chi connectivity index (χ0n) is 14.5. The molecular weight excluding hydrogens is 364 g/mol. The van der Waals surface area contributed by atoms with E-state index in [1.54, 1.807) is 42.4 Å². The number of benzene rings is 1. The SMILES string of the molecule is COc1cc2[nH]c(=S)n(CCc3ccncc3)c(=O)c2cc1-c1cnco1. The van der Waals surface area contributed by atoms with Gasteiger partial charge in [0.15, 0.2) is 16.9 Å². The molecule has 0 radical (unpaired) electrons. The number of ether oxygens (including phenoxy) is 1. The molecule has 3 heterocycles. The second-order valence-corrected chi connectivity index (χ2v) is 6.34. The van der Waals surface area contributed by atoms with Crippen LogP contribution in [0.5, 0.6) is 5.75 Å². The Labute approximate surface area is 159 Å². The molecule has 7 nitrogen and oxygen atoms in total. The van der Waals surface area contributed by atoms with Crippen LogP contribution in [0.1, 0.15) is 5.56 Å². The molecular formula is C19H16N4O3S. The first-order valence-electron chi connectivity index (χ1n) is 8.30. The van der Waals surface area contributed by atoms with E-state index in [1.807, 2.05) is 12.1 Å². The highest BCUT2D eigenvalue weighted by atomic mass is 32.1. The molecule has 0 bridgehead atoms. The number of hydrogen-bond acceptors (Lipinski definition) is 6. The summed E-state index contributed by atoms with van der Waals surface area (Å²) in [5, 5.41) is 0.505. The molecule has 4 aromatic rings. The molecule has 0 atom stereocenters. The van der Waals surface area contributed by atoms with Crippen molar-refractivity contribution in [3.8, 4) is 17.1 Å². The predicted octanol–water partition coefficient (Wildman–Crippen LogP) is 3.36. The number of hydrogen-bond donors (Lipinski definition) is 1. The molecule has 136 valence electrons. The van der Waals surface area contributed by atoms with Gasteiger partial charge in [0.25, 0.3) is 5.56 Å². The van der Waals surface area contributed by atoms with E-state index in [2.05, 4.69) is 15.0 Å². The van der Waals surface area contributed by atoms with Crippen LogP contribution >= 0.6 is 12.2 Å². The van der Waals surface area contributed by atoms with Crippen molar-refractivity contribution in [2.75, 3.05) is 7.11 Å². The third-order valence-corrected chi connectivity index (χ3v) is 4.70. The molecule has 8 heteroatoms. The van der Waals surface area contributed by atoms with Gasteiger partial charge in [-0.2, -0.15) is 0 Å². The largest absolute Gasteiger partial charge is 0.496 e. The van der Waals surface area contributed by atoms with Gasteiger partial charge in [-0.15, -0.1) is 0 Å². The number of H-pyrrole nitrogens is 1. The van der Waals surface area contributed by atoms with Crippen LogP contribution in [0.3, 0.4) is 0 Å². The minimum Gasteiger partial charge on any atom is -0.496 e. The normalized spacial score (nSPS) is 11.0. The van der Waals surface area contributed by atoms with Crippen LogP contribution in [0.15, 0.2) is 58.5 Å². The smallest absolute Gasteiger partial charge is 0.262 e. The third kappa shape index (κ3) is 3.26. The van der Waals surface area contributed by atoms with Gasteiger partial charge >= 0.3 is 0 Å². The first-order valence-corrected chi connectivity index (χ1v) is 8.71. The monoisotopic (exact) mass is 380 g/mol. The van der Waals surface area contributed by atoms with Crippen LogP contribution in [0.4, 0.5) is 0 Å². The molecule has 3 aromatic heterocycles. The van der Waals surface area contributed by atoms with Crippen LogP contribution in [0, 0.1) is 4.77 Å². The molecule has 0 aliphatic heterocycles. The number of methoxy groups -OCH3 is 1. The maximum Gasteiger partial charge on any atom is 0.262 e. The van der Waals surface area contributed by atoms with Crippen molar-refractivity contribution in [2.24, 2.45) is 0 Å². The number of aromatic nitrogens is 4. The zero-order valence-corrected chi connectivity index (χ0v) is 15.3. The van der Waals surface area contributed by atoms with Crippen LogP contribution < -0.4 is 10.3 Å². The Morgan fingerprint density at radius 3 is 2.78 bits per heavy atom. The van der Waals surface area contributed by atoms with Crippen molar-refractivity contribution >= 4 is 23.1 Å². The fourth-order valence-electron chi connectivity index (χ4n) is 2.98. The summed E-state index contributed by atoms with van der Waals surface area (Å²) in [6.45, 7) is 0.470. The molecule has 27 heavy (non-hydrogen) atoms. The Morgan fingerprint density at radius 2 is 2.07 bits per heavy atom. The molecule has 4 rings (SSSR count). The average molecular weight is 380 g/mol. The summed E-state index contributed by atoms with van der Waals surface area (Å²) in [6, 6.07) is 7.33. The van der Waals surface area contributed by atoms with Gasteiger partial charge in [0.1, 0.15) is 5.75 Å². The summed E-state index contributed by atoms with van der Waals surface area (Å²) in [4.78, 5) is 24.1. The van der Waals surface area contributed by atoms with E-state index in [9.17, 15) is 4.79 Å². The van der Waals surface area contributed by atoms with Crippen LogP contribution in [-0.2, 0) is 13.0 Å². The minimum atomic E-state index is -0.161. The molecule has 1 aromatic carbocycles. The van der Waals surface area contributed by atoms with Gasteiger partial charge in [-0.1, -0.05) is 0 Å². The van der Waals surface area contributed by atoms with Crippen molar-refractivity contribution in [3.05, 3.63) is 69.9 Å². The third-order valence-electron chi connectivity index (χ3n) is 4.37. The summed E-state index contributed by atoms with van der Waals surface area (Å²) >= 11 is 5.40. The second kappa shape index (κ2) is 7.16. The van der Waals surface area contributed by atoms with Crippen molar-refractivity contribution in [1.29, 1.82) is 0 Å². The fraction of sp³-hybridized carbons (Fsp3) is 0.158. The van der Waals surface area contributed by atoms with Crippen LogP contribution in [-0.4, -0.2) is 26.6 Å². The lowest BCUT2D eigenvalue weighted by Crippen LogP contribution is -2.23. The van der Waals surface area contributed by atoms with Gasteiger partial charge < -0.3 is 14.1 Å². The van der Waals surface area contributed by atoms with E-state index >= 15 is 0 Å². The molecule has 0 aliphatic rings. The number of nitrogens with zero attached hydrogens (tertiary/aromatic N) is 3. The van der Waals surface area contributed by atoms with Gasteiger partial charge in [0, 0.05) is 25.0 Å². The highest BCUT2D eigenvalue weighted by Crippen LogP contribution is 2.32. The number of fused-ring (bicyclic) bond motifs is 1. The lowest BCUT2D eigenvalue weighted by atomic mass is 10.1. The number of aromatic amines is 1. The summed E-state index contributed by atoms with van der Waals surface area (Å²) in [5.74, 6) is 1.10. The Morgan fingerprint density at radius 1 is 1.26 bits per heavy atom. The Bertz CT molecular complexity index is 1200. The zero-order chi connectivity index (χ0) is 18.8. The highest BCUT2D eigenvalue weighted by Gasteiger charge is 2.14. The molecule has 0 amide bonds. The standard InChI is InChI=1S/C19H16N4O3S/c1-25-16-9-15-13(8-14(16)17-10-21-11-26-17)18(24)23(19(27)22-15)7-4-12-2-5-20-6-3-12/h2-3,5-6,8-11H,4,7H2,1H3,(H,22,27). The summed E-state index contributed by atoms with van der Waals surface area (Å²) < 4.78 is 12.7. The molecule has 0 aliphatic carbocycles. The maximum absolute atomic E-state index is 13.1. The maximum atomic E-state index is 13.1. The predicted molar refractivity (Wildman–Crippen MR) is 103 cm³/mol. The molecule has 0 unspecified atom stereocenters. The average Bonchev–Trinajstić information content (AvgIpc) is 3.22. The van der Waals surface area contributed by atoms with E-state index < -0.39 is 0 Å². The number of rotatable bonds is 5. The van der Waals surface area contributed by atoms with E-state index in [0.29, 0.717) is 45.7 Å². The topological polar surface area (TPSA) is 85.9 Å². The quantitative estimate of drug-likeness (QED) is 0.534. The van der Waals surface area contributed by atoms with E-state index in [0.717, 1.165) is 5.56 Å². The fourth-order valence-corrected chi connectivity index (χ4v) is 3.27. The lowest BCUT2D eigenvalue weighted by Gasteiger charge is -2.11. The van der Waals surface area contributed by atoms with Crippen LogP contribution in [0.25, 0.3) is 22.2 Å². The molecule has 1 N–H and O–H groups in total. The molecule has 0 saturated carbocycles. The van der Waals surface area contributed by atoms with Gasteiger partial charge in [0.05, 0.1) is 29.8 Å². The van der Waals surface area contributed by atoms with Crippen molar-refractivity contribution in [1.82, 2.24) is 19.5 Å². The second-order valence-electron chi connectivity index (χ2n) is 5.96. The van der Waals surface area contributed by atoms with Gasteiger partial charge in [0.2, 0.25) is 0 Å². The Balaban J connectivity index is 1.82. The molecule has 0 saturated heterocycles. The van der Waals surface area contributed by atoms with E-state index in [1.165, 1.54) is 6.39 Å². The van der Waals surface area contributed by atoms with Crippen molar-refractivity contribution in [3.63, 3.8) is 0 Å². The van der Waals surface area contributed by atoms with Gasteiger partial charge in [-0.05, 0) is 42.4 Å². The molecule has 0 spiro atoms. The summed E-state index contributed by atoms with van der Waals surface area (Å²) in [5.41, 5.74) is 2.20. The van der Waals surface area contributed by atoms with Crippen molar-refractivity contribution in [2.45, 2.75) is 13.0 Å². The first-order chi connectivity index (χ1) is 13.2. The number of oxazole rings is 1. The summed E-state index contributed by atoms with van der Waals surface area (Å²) in [7, 11) is 1.56. The number of nitrogens with one attached hydrogen (secondary N) is 1. The Kier molecular flexibility index (Phi) is 4.55. The van der Waals surface area contributed by atoms with E-state index in [4.69, 9.17) is 21.4 Å². The lowest BCUT2D eigenvalue weighted by molar-refractivity contribution is 0.415. The van der Waals surface area contributed by atoms with Gasteiger partial charge in [-0.25, -0.2) is 4.98 Å². The highest BCUT2D eigenvalue weighted by molar-refractivity contribution is 7.71. The van der Waals surface area contributed by atoms with Gasteiger partial charge in [-0.3, -0.25) is 14.3 Å². The minimum absolute atomic E-state index is 0.161.